The Hall–Kier alpha value is -0.760. The minimum Gasteiger partial charge on any atom is -0.468 e. The fourth-order valence-electron chi connectivity index (χ4n) is 2.00. The normalized spacial score (nSPS) is 14.3. The monoisotopic (exact) mass is 479 g/mol. The van der Waals surface area contributed by atoms with Crippen LogP contribution in [0.4, 0.5) is 0 Å². The fraction of sp³-hybridized carbons (Fsp3) is 0.438. The van der Waals surface area contributed by atoms with Crippen LogP contribution in [-0.2, 0) is 9.53 Å². The topological polar surface area (TPSA) is 55.7 Å². The van der Waals surface area contributed by atoms with E-state index in [1.165, 1.54) is 7.11 Å². The number of rotatable bonds is 7. The maximum atomic E-state index is 12.7. The van der Waals surface area contributed by atoms with Gasteiger partial charge in [0.25, 0.3) is 0 Å². The van der Waals surface area contributed by atoms with Crippen LogP contribution in [0.25, 0.3) is 0 Å². The number of benzene rings is 1. The van der Waals surface area contributed by atoms with Gasteiger partial charge in [-0.25, -0.2) is 0 Å². The van der Waals surface area contributed by atoms with Crippen LogP contribution in [-0.4, -0.2) is 35.5 Å². The lowest BCUT2D eigenvalue weighted by Gasteiger charge is -2.18. The van der Waals surface area contributed by atoms with Crippen LogP contribution in [0, 0.1) is 5.92 Å². The number of hydrogen-bond donors (Lipinski definition) is 0. The fourth-order valence-corrected chi connectivity index (χ4v) is 2.72. The summed E-state index contributed by atoms with van der Waals surface area (Å²) < 4.78 is 6.02. The van der Waals surface area contributed by atoms with Gasteiger partial charge in [0.05, 0.1) is 7.11 Å². The number of ketones is 1. The van der Waals surface area contributed by atoms with Gasteiger partial charge in [0.1, 0.15) is 0 Å². The van der Waals surface area contributed by atoms with Crippen molar-refractivity contribution in [1.82, 2.24) is 0 Å². The van der Waals surface area contributed by atoms with E-state index < -0.39 is 11.9 Å². The Morgan fingerprint density at radius 2 is 1.91 bits per heavy atom. The zero-order valence-electron chi connectivity index (χ0n) is 12.8. The minimum absolute atomic E-state index is 0.278. The van der Waals surface area contributed by atoms with Crippen molar-refractivity contribution in [1.29, 1.82) is 0 Å². The molecule has 1 aromatic rings. The largest absolute Gasteiger partial charge is 0.468 e. The zero-order valence-corrected chi connectivity index (χ0v) is 16.5. The number of aliphatic imine (C=N–C) groups is 1. The highest BCUT2D eigenvalue weighted by atomic mass is 127. The van der Waals surface area contributed by atoms with E-state index in [0.717, 1.165) is 10.9 Å². The molecule has 0 spiro atoms. The lowest BCUT2D eigenvalue weighted by atomic mass is 9.90. The van der Waals surface area contributed by atoms with Crippen LogP contribution in [0.15, 0.2) is 33.7 Å². The second kappa shape index (κ2) is 9.39. The predicted octanol–water partition coefficient (Wildman–Crippen LogP) is 4.10. The Kier molecular flexibility index (Phi) is 8.24. The molecule has 120 valence electrons. The van der Waals surface area contributed by atoms with E-state index in [1.807, 2.05) is 0 Å². The molecule has 0 saturated carbocycles. The number of Topliss-reactive ketones (excluding diaryl/α,β-unsaturated/α-hetero) is 1. The number of esters is 1. The lowest BCUT2D eigenvalue weighted by Crippen LogP contribution is -2.34. The first kappa shape index (κ1) is 19.3. The molecule has 0 saturated heterocycles. The van der Waals surface area contributed by atoms with Crippen LogP contribution in [0.5, 0.6) is 0 Å². The molecule has 0 aliphatic rings. The summed E-state index contributed by atoms with van der Waals surface area (Å²) in [6, 6.07) is 6.93. The highest BCUT2D eigenvalue weighted by Gasteiger charge is 2.33. The predicted molar refractivity (Wildman–Crippen MR) is 100 cm³/mol. The van der Waals surface area contributed by atoms with Crippen molar-refractivity contribution in [2.24, 2.45) is 10.9 Å². The van der Waals surface area contributed by atoms with Crippen molar-refractivity contribution in [3.8, 4) is 0 Å². The molecule has 0 bridgehead atoms. The van der Waals surface area contributed by atoms with Crippen LogP contribution in [0.1, 0.15) is 30.1 Å². The molecule has 22 heavy (non-hydrogen) atoms. The molecule has 0 aliphatic heterocycles. The first-order valence-electron chi connectivity index (χ1n) is 6.91. The summed E-state index contributed by atoms with van der Waals surface area (Å²) >= 11 is 5.64. The van der Waals surface area contributed by atoms with Crippen LogP contribution in [0.3, 0.4) is 0 Å². The zero-order chi connectivity index (χ0) is 16.7. The highest BCUT2D eigenvalue weighted by Crippen LogP contribution is 2.21. The molecule has 6 heteroatoms. The van der Waals surface area contributed by atoms with Gasteiger partial charge < -0.3 is 4.74 Å². The SMILES string of the molecule is CCC(I)CC(=NC)C(C(=O)OC)C(=O)c1ccc(Br)cc1. The molecule has 1 aromatic carbocycles. The standard InChI is InChI=1S/C16H19BrINO3/c1-4-12(18)9-13(19-2)14(16(21)22-3)15(20)10-5-7-11(17)8-6-10/h5-8,12,14H,4,9H2,1-3H3. The van der Waals surface area contributed by atoms with Crippen LogP contribution < -0.4 is 0 Å². The summed E-state index contributed by atoms with van der Waals surface area (Å²) in [4.78, 5) is 29.0. The summed E-state index contributed by atoms with van der Waals surface area (Å²) in [7, 11) is 2.90. The molecule has 4 nitrogen and oxygen atoms in total. The van der Waals surface area contributed by atoms with Crippen molar-refractivity contribution >= 4 is 56.0 Å². The van der Waals surface area contributed by atoms with Crippen molar-refractivity contribution in [2.75, 3.05) is 14.2 Å². The van der Waals surface area contributed by atoms with Crippen LogP contribution >= 0.6 is 38.5 Å². The Bertz CT molecular complexity index is 557. The van der Waals surface area contributed by atoms with Crippen LogP contribution in [0.2, 0.25) is 0 Å². The summed E-state index contributed by atoms with van der Waals surface area (Å²) in [6.07, 6.45) is 1.54. The van der Waals surface area contributed by atoms with Gasteiger partial charge >= 0.3 is 5.97 Å². The highest BCUT2D eigenvalue weighted by molar-refractivity contribution is 14.1. The molecule has 2 atom stereocenters. The Labute approximate surface area is 153 Å². The Morgan fingerprint density at radius 1 is 1.32 bits per heavy atom. The quantitative estimate of drug-likeness (QED) is 0.148. The lowest BCUT2D eigenvalue weighted by molar-refractivity contribution is -0.141. The summed E-state index contributed by atoms with van der Waals surface area (Å²) in [5.74, 6) is -1.81. The summed E-state index contributed by atoms with van der Waals surface area (Å²) in [5, 5.41) is 0. The molecule has 0 amide bonds. The number of halogens is 2. The van der Waals surface area contributed by atoms with Gasteiger partial charge in [-0.05, 0) is 25.0 Å². The number of methoxy groups -OCH3 is 1. The first-order chi connectivity index (χ1) is 10.4. The molecule has 2 unspecified atom stereocenters. The second-order valence-electron chi connectivity index (χ2n) is 4.75. The first-order valence-corrected chi connectivity index (χ1v) is 8.95. The molecular formula is C16H19BrINO3. The molecule has 0 radical (unpaired) electrons. The Balaban J connectivity index is 3.13. The maximum Gasteiger partial charge on any atom is 0.322 e. The van der Waals surface area contributed by atoms with Crippen molar-refractivity contribution in [3.05, 3.63) is 34.3 Å². The molecule has 0 aliphatic carbocycles. The summed E-state index contributed by atoms with van der Waals surface area (Å²) in [5.41, 5.74) is 1.04. The van der Waals surface area contributed by atoms with Gasteiger partial charge in [0, 0.05) is 26.7 Å². The van der Waals surface area contributed by atoms with Crippen molar-refractivity contribution in [2.45, 2.75) is 23.7 Å². The molecule has 0 fully saturated rings. The molecule has 1 rings (SSSR count). The maximum absolute atomic E-state index is 12.7. The minimum atomic E-state index is -0.972. The van der Waals surface area contributed by atoms with Gasteiger partial charge in [0.2, 0.25) is 0 Å². The number of alkyl halides is 1. The smallest absolute Gasteiger partial charge is 0.322 e. The van der Waals surface area contributed by atoms with Crippen molar-refractivity contribution < 1.29 is 14.3 Å². The van der Waals surface area contributed by atoms with Gasteiger partial charge in [-0.15, -0.1) is 0 Å². The van der Waals surface area contributed by atoms with E-state index in [0.29, 0.717) is 21.6 Å². The van der Waals surface area contributed by atoms with E-state index in [1.54, 1.807) is 31.3 Å². The number of carbonyl (C=O) groups excluding carboxylic acids is 2. The van der Waals surface area contributed by atoms with Gasteiger partial charge in [0.15, 0.2) is 11.7 Å². The Morgan fingerprint density at radius 3 is 2.36 bits per heavy atom. The van der Waals surface area contributed by atoms with E-state index in [2.05, 4.69) is 50.4 Å². The molecule has 0 N–H and O–H groups in total. The average Bonchev–Trinajstić information content (AvgIpc) is 2.53. The van der Waals surface area contributed by atoms with Crippen molar-refractivity contribution in [3.63, 3.8) is 0 Å². The van der Waals surface area contributed by atoms with E-state index in [4.69, 9.17) is 4.74 Å². The third-order valence-electron chi connectivity index (χ3n) is 3.32. The third-order valence-corrected chi connectivity index (χ3v) is 5.17. The van der Waals surface area contributed by atoms with E-state index in [9.17, 15) is 9.59 Å². The van der Waals surface area contributed by atoms with Gasteiger partial charge in [-0.3, -0.25) is 14.6 Å². The number of nitrogens with zero attached hydrogens (tertiary/aromatic N) is 1. The molecule has 0 aromatic heterocycles. The van der Waals surface area contributed by atoms with E-state index >= 15 is 0 Å². The average molecular weight is 480 g/mol. The third kappa shape index (κ3) is 5.15. The number of hydrogen-bond acceptors (Lipinski definition) is 4. The number of ether oxygens (including phenoxy) is 1. The molecule has 0 heterocycles. The molecular weight excluding hydrogens is 461 g/mol. The van der Waals surface area contributed by atoms with Gasteiger partial charge in [-0.2, -0.15) is 0 Å². The summed E-state index contributed by atoms with van der Waals surface area (Å²) in [6.45, 7) is 2.06. The number of carbonyl (C=O) groups is 2. The second-order valence-corrected chi connectivity index (χ2v) is 7.43. The van der Waals surface area contributed by atoms with Gasteiger partial charge in [-0.1, -0.05) is 57.6 Å². The van der Waals surface area contributed by atoms with E-state index in [-0.39, 0.29) is 5.78 Å².